The number of aromatic nitrogens is 1. The zero-order chi connectivity index (χ0) is 18.0. The zero-order valence-corrected chi connectivity index (χ0v) is 15.8. The maximum absolute atomic E-state index is 12.6. The van der Waals surface area contributed by atoms with Crippen LogP contribution < -0.4 is 9.80 Å². The minimum absolute atomic E-state index is 0.0993. The fraction of sp³-hybridized carbons (Fsp3) is 0.600. The van der Waals surface area contributed by atoms with Crippen molar-refractivity contribution in [1.29, 1.82) is 0 Å². The molecule has 1 amide bonds. The van der Waals surface area contributed by atoms with Crippen LogP contribution in [0.3, 0.4) is 0 Å². The number of anilines is 2. The molecule has 25 heavy (non-hydrogen) atoms. The van der Waals surface area contributed by atoms with Crippen LogP contribution in [0, 0.1) is 12.8 Å². The number of hydrogen-bond donors (Lipinski definition) is 0. The Balaban J connectivity index is 2.05. The number of pyridine rings is 1. The monoisotopic (exact) mass is 343 g/mol. The van der Waals surface area contributed by atoms with Crippen LogP contribution in [0.1, 0.15) is 44.9 Å². The first-order valence-electron chi connectivity index (χ1n) is 9.36. The zero-order valence-electron chi connectivity index (χ0n) is 15.8. The summed E-state index contributed by atoms with van der Waals surface area (Å²) in [5.41, 5.74) is 3.04. The smallest absolute Gasteiger partial charge is 0.229 e. The highest BCUT2D eigenvalue weighted by molar-refractivity contribution is 5.99. The SMILES string of the molecule is CC/C=C\c1c(N2CCC(C)C2=O)cc(N2CCOCC2C)nc1C. The summed E-state index contributed by atoms with van der Waals surface area (Å²) >= 11 is 0. The molecule has 2 aliphatic rings. The topological polar surface area (TPSA) is 45.7 Å². The molecule has 5 nitrogen and oxygen atoms in total. The molecule has 136 valence electrons. The molecule has 2 atom stereocenters. The lowest BCUT2D eigenvalue weighted by Gasteiger charge is -2.35. The molecule has 0 bridgehead atoms. The summed E-state index contributed by atoms with van der Waals surface area (Å²) < 4.78 is 5.56. The predicted octanol–water partition coefficient (Wildman–Crippen LogP) is 3.41. The number of carbonyl (C=O) groups is 1. The first kappa shape index (κ1) is 17.9. The Morgan fingerprint density at radius 1 is 1.36 bits per heavy atom. The van der Waals surface area contributed by atoms with Crippen molar-refractivity contribution in [3.05, 3.63) is 23.4 Å². The van der Waals surface area contributed by atoms with Crippen molar-refractivity contribution in [3.8, 4) is 0 Å². The van der Waals surface area contributed by atoms with Gasteiger partial charge < -0.3 is 14.5 Å². The van der Waals surface area contributed by atoms with Crippen molar-refractivity contribution in [2.45, 2.75) is 46.6 Å². The molecule has 2 unspecified atom stereocenters. The molecule has 0 N–H and O–H groups in total. The molecule has 0 saturated carbocycles. The molecule has 2 saturated heterocycles. The van der Waals surface area contributed by atoms with Gasteiger partial charge in [0.25, 0.3) is 0 Å². The van der Waals surface area contributed by atoms with Crippen LogP contribution in [0.2, 0.25) is 0 Å². The number of allylic oxidation sites excluding steroid dienone is 1. The molecule has 1 aromatic rings. The van der Waals surface area contributed by atoms with E-state index in [1.54, 1.807) is 0 Å². The van der Waals surface area contributed by atoms with Crippen LogP contribution in [-0.4, -0.2) is 43.2 Å². The van der Waals surface area contributed by atoms with Crippen LogP contribution in [0.15, 0.2) is 12.1 Å². The average Bonchev–Trinajstić information content (AvgIpc) is 2.93. The van der Waals surface area contributed by atoms with Gasteiger partial charge in [0.2, 0.25) is 5.91 Å². The van der Waals surface area contributed by atoms with Gasteiger partial charge >= 0.3 is 0 Å². The minimum Gasteiger partial charge on any atom is -0.377 e. The number of aryl methyl sites for hydroxylation is 1. The van der Waals surface area contributed by atoms with E-state index >= 15 is 0 Å². The number of ether oxygens (including phenoxy) is 1. The van der Waals surface area contributed by atoms with Crippen molar-refractivity contribution >= 4 is 23.5 Å². The van der Waals surface area contributed by atoms with Gasteiger partial charge in [-0.2, -0.15) is 0 Å². The van der Waals surface area contributed by atoms with Gasteiger partial charge in [-0.3, -0.25) is 4.79 Å². The molecule has 0 spiro atoms. The second-order valence-corrected chi connectivity index (χ2v) is 7.11. The Bertz CT molecular complexity index is 671. The Hall–Kier alpha value is -1.88. The molecule has 3 rings (SSSR count). The van der Waals surface area contributed by atoms with Crippen LogP contribution in [0.25, 0.3) is 6.08 Å². The van der Waals surface area contributed by atoms with Crippen LogP contribution in [0.5, 0.6) is 0 Å². The summed E-state index contributed by atoms with van der Waals surface area (Å²) in [4.78, 5) is 21.7. The standard InChI is InChI=1S/C20H29N3O2/c1-5-6-7-17-16(4)21-19(22-10-11-25-13-15(22)3)12-18(17)23-9-8-14(2)20(23)24/h6-7,12,14-15H,5,8-11,13H2,1-4H3/b7-6-. The summed E-state index contributed by atoms with van der Waals surface area (Å²) in [7, 11) is 0. The fourth-order valence-electron chi connectivity index (χ4n) is 3.59. The third kappa shape index (κ3) is 3.56. The maximum Gasteiger partial charge on any atom is 0.229 e. The summed E-state index contributed by atoms with van der Waals surface area (Å²) in [6.07, 6.45) is 6.13. The van der Waals surface area contributed by atoms with Crippen molar-refractivity contribution in [3.63, 3.8) is 0 Å². The molecular weight excluding hydrogens is 314 g/mol. The van der Waals surface area contributed by atoms with E-state index in [1.807, 2.05) is 18.7 Å². The second kappa shape index (κ2) is 7.56. The van der Waals surface area contributed by atoms with Gasteiger partial charge in [0, 0.05) is 36.3 Å². The lowest BCUT2D eigenvalue weighted by atomic mass is 10.1. The van der Waals surface area contributed by atoms with E-state index in [0.29, 0.717) is 12.6 Å². The van der Waals surface area contributed by atoms with E-state index in [4.69, 9.17) is 9.72 Å². The van der Waals surface area contributed by atoms with Crippen molar-refractivity contribution in [2.24, 2.45) is 5.92 Å². The first-order valence-corrected chi connectivity index (χ1v) is 9.36. The van der Waals surface area contributed by atoms with E-state index in [0.717, 1.165) is 55.3 Å². The number of carbonyl (C=O) groups excluding carboxylic acids is 1. The number of morpholine rings is 1. The summed E-state index contributed by atoms with van der Waals surface area (Å²) in [5.74, 6) is 1.27. The molecule has 2 aliphatic heterocycles. The summed E-state index contributed by atoms with van der Waals surface area (Å²) in [6, 6.07) is 2.39. The number of nitrogens with zero attached hydrogens (tertiary/aromatic N) is 3. The minimum atomic E-state index is 0.0993. The molecule has 0 aliphatic carbocycles. The normalized spacial score (nSPS) is 24.6. The van der Waals surface area contributed by atoms with E-state index in [-0.39, 0.29) is 11.8 Å². The highest BCUT2D eigenvalue weighted by Gasteiger charge is 2.31. The largest absolute Gasteiger partial charge is 0.377 e. The molecule has 3 heterocycles. The molecule has 1 aromatic heterocycles. The quantitative estimate of drug-likeness (QED) is 0.840. The van der Waals surface area contributed by atoms with Gasteiger partial charge in [0.1, 0.15) is 5.82 Å². The third-order valence-corrected chi connectivity index (χ3v) is 5.16. The van der Waals surface area contributed by atoms with E-state index in [9.17, 15) is 4.79 Å². The van der Waals surface area contributed by atoms with Crippen molar-refractivity contribution in [1.82, 2.24) is 4.98 Å². The number of hydrogen-bond acceptors (Lipinski definition) is 4. The second-order valence-electron chi connectivity index (χ2n) is 7.11. The van der Waals surface area contributed by atoms with Crippen LogP contribution in [0.4, 0.5) is 11.5 Å². The van der Waals surface area contributed by atoms with Crippen molar-refractivity contribution < 1.29 is 9.53 Å². The number of rotatable bonds is 4. The fourth-order valence-corrected chi connectivity index (χ4v) is 3.59. The van der Waals surface area contributed by atoms with E-state index in [1.165, 1.54) is 0 Å². The van der Waals surface area contributed by atoms with Crippen LogP contribution >= 0.6 is 0 Å². The van der Waals surface area contributed by atoms with E-state index in [2.05, 4.69) is 37.0 Å². The molecular formula is C20H29N3O2. The van der Waals surface area contributed by atoms with Gasteiger partial charge in [-0.15, -0.1) is 0 Å². The van der Waals surface area contributed by atoms with Gasteiger partial charge in [-0.25, -0.2) is 4.98 Å². The number of amides is 1. The Labute approximate surface area is 150 Å². The Morgan fingerprint density at radius 2 is 2.16 bits per heavy atom. The van der Waals surface area contributed by atoms with Crippen molar-refractivity contribution in [2.75, 3.05) is 36.1 Å². The summed E-state index contributed by atoms with van der Waals surface area (Å²) in [6.45, 7) is 11.4. The maximum atomic E-state index is 12.6. The highest BCUT2D eigenvalue weighted by Crippen LogP contribution is 2.34. The van der Waals surface area contributed by atoms with Gasteiger partial charge in [0.15, 0.2) is 0 Å². The lowest BCUT2D eigenvalue weighted by molar-refractivity contribution is -0.119. The lowest BCUT2D eigenvalue weighted by Crippen LogP contribution is -2.44. The predicted molar refractivity (Wildman–Crippen MR) is 102 cm³/mol. The summed E-state index contributed by atoms with van der Waals surface area (Å²) in [5, 5.41) is 0. The average molecular weight is 343 g/mol. The molecule has 0 aromatic carbocycles. The van der Waals surface area contributed by atoms with E-state index < -0.39 is 0 Å². The Kier molecular flexibility index (Phi) is 5.42. The Morgan fingerprint density at radius 3 is 2.80 bits per heavy atom. The van der Waals surface area contributed by atoms with Gasteiger partial charge in [-0.1, -0.05) is 26.0 Å². The third-order valence-electron chi connectivity index (χ3n) is 5.16. The molecule has 5 heteroatoms. The molecule has 0 radical (unpaired) electrons. The molecule has 2 fully saturated rings. The first-order chi connectivity index (χ1) is 12.0. The van der Waals surface area contributed by atoms with Crippen LogP contribution in [-0.2, 0) is 9.53 Å². The van der Waals surface area contributed by atoms with Gasteiger partial charge in [0.05, 0.1) is 24.9 Å². The highest BCUT2D eigenvalue weighted by atomic mass is 16.5. The van der Waals surface area contributed by atoms with Gasteiger partial charge in [-0.05, 0) is 26.7 Å².